The number of nitrogens with zero attached hydrogens (tertiary/aromatic N) is 7. The number of carbonyl (C=O) groups excluding carboxylic acids is 1. The zero-order valence-electron chi connectivity index (χ0n) is 27.3. The molecule has 1 aliphatic carbocycles. The number of amides is 1. The third-order valence-electron chi connectivity index (χ3n) is 10.1. The predicted octanol–water partition coefficient (Wildman–Crippen LogP) is 3.21. The highest BCUT2D eigenvalue weighted by Crippen LogP contribution is 2.40. The molecule has 49 heavy (non-hydrogen) atoms. The minimum atomic E-state index is -4.91. The number of piperidine rings is 1. The van der Waals surface area contributed by atoms with Crippen LogP contribution in [0.1, 0.15) is 61.1 Å². The molecule has 7 rings (SSSR count). The first-order valence-corrected chi connectivity index (χ1v) is 16.8. The first-order chi connectivity index (χ1) is 23.6. The Hall–Kier alpha value is -4.24. The van der Waals surface area contributed by atoms with E-state index in [-0.39, 0.29) is 30.8 Å². The molecule has 5 heterocycles. The molecule has 0 unspecified atom stereocenters. The molecule has 4 atom stereocenters. The lowest BCUT2D eigenvalue weighted by Gasteiger charge is -2.40. The van der Waals surface area contributed by atoms with Gasteiger partial charge < -0.3 is 29.3 Å². The van der Waals surface area contributed by atoms with Crippen molar-refractivity contribution in [2.24, 2.45) is 0 Å². The number of aliphatic hydroxyl groups is 1. The monoisotopic (exact) mass is 683 g/mol. The van der Waals surface area contributed by atoms with Crippen LogP contribution in [0.3, 0.4) is 0 Å². The van der Waals surface area contributed by atoms with Gasteiger partial charge in [-0.2, -0.15) is 18.3 Å². The minimum absolute atomic E-state index is 0.0195. The number of hydrogen-bond donors (Lipinski definition) is 1. The number of β-amino-alcohol motifs (C(OH)–C–C–N with tert-alkyl or cyclic N) is 1. The van der Waals surface area contributed by atoms with Gasteiger partial charge in [-0.3, -0.25) is 9.59 Å². The van der Waals surface area contributed by atoms with Gasteiger partial charge in [-0.25, -0.2) is 14.6 Å². The minimum Gasteiger partial charge on any atom is -0.497 e. The summed E-state index contributed by atoms with van der Waals surface area (Å²) in [5.41, 5.74) is -1.03. The average molecular weight is 684 g/mol. The van der Waals surface area contributed by atoms with Gasteiger partial charge in [-0.05, 0) is 61.3 Å². The molecule has 1 aromatic carbocycles. The molecule has 1 saturated carbocycles. The van der Waals surface area contributed by atoms with Gasteiger partial charge in [-0.1, -0.05) is 12.1 Å². The van der Waals surface area contributed by atoms with Crippen molar-refractivity contribution in [1.29, 1.82) is 0 Å². The summed E-state index contributed by atoms with van der Waals surface area (Å²) in [5, 5.41) is 15.2. The van der Waals surface area contributed by atoms with Crippen molar-refractivity contribution in [3.63, 3.8) is 0 Å². The lowest BCUT2D eigenvalue weighted by molar-refractivity contribution is -0.141. The lowest BCUT2D eigenvalue weighted by atomic mass is 10.0. The Bertz CT molecular complexity index is 1700. The highest BCUT2D eigenvalue weighted by atomic mass is 19.4. The molecule has 12 nitrogen and oxygen atoms in total. The summed E-state index contributed by atoms with van der Waals surface area (Å²) in [4.78, 5) is 40.8. The number of hydrogen-bond acceptors (Lipinski definition) is 10. The normalized spacial score (nSPS) is 24.6. The van der Waals surface area contributed by atoms with E-state index in [0.29, 0.717) is 75.0 Å². The van der Waals surface area contributed by atoms with Gasteiger partial charge in [-0.15, -0.1) is 0 Å². The molecule has 2 aromatic heterocycles. The number of anilines is 2. The van der Waals surface area contributed by atoms with Crippen LogP contribution in [0.25, 0.3) is 0 Å². The van der Waals surface area contributed by atoms with Crippen LogP contribution >= 0.6 is 0 Å². The second kappa shape index (κ2) is 13.6. The Morgan fingerprint density at radius 2 is 1.69 bits per heavy atom. The quantitative estimate of drug-likeness (QED) is 0.341. The smallest absolute Gasteiger partial charge is 0.423 e. The predicted molar refractivity (Wildman–Crippen MR) is 173 cm³/mol. The molecule has 0 radical (unpaired) electrons. The summed E-state index contributed by atoms with van der Waals surface area (Å²) < 4.78 is 55.3. The Labute approximate surface area is 281 Å². The number of carbonyl (C=O) groups is 1. The SMILES string of the molecule is COc1ccc(Cn2ncc(N3CCC[C@H]3CO[C@@H]3CCN([C@@H]4CCN(c5ncc(C6CC6)cn5)C[C@H]4O)C3=O)c(C(F)(F)F)c2=O)cc1. The standard InChI is InChI=1S/C34H40F3N7O5/c1-48-25-8-4-21(5-9-25)18-44-32(47)30(34(35,36)37)27(17-40-44)42-12-2-3-24(42)20-49-29-11-14-43(31(29)46)26-10-13-41(19-28(26)45)33-38-15-23(16-39-33)22-6-7-22/h4-5,8-9,15-17,22,24,26,28-29,45H,2-3,6-7,10-14,18-20H2,1H3/t24-,26+,28+,29+/m0/s1. The molecule has 4 fully saturated rings. The van der Waals surface area contributed by atoms with Crippen LogP contribution in [-0.2, 0) is 22.3 Å². The highest BCUT2D eigenvalue weighted by Gasteiger charge is 2.44. The lowest BCUT2D eigenvalue weighted by Crippen LogP contribution is -2.55. The fourth-order valence-electron chi connectivity index (χ4n) is 7.28. The van der Waals surface area contributed by atoms with Gasteiger partial charge in [0.15, 0.2) is 0 Å². The number of benzene rings is 1. The van der Waals surface area contributed by atoms with Crippen LogP contribution < -0.4 is 20.1 Å². The maximum absolute atomic E-state index is 14.4. The van der Waals surface area contributed by atoms with Crippen molar-refractivity contribution in [2.75, 3.05) is 49.7 Å². The number of methoxy groups -OCH3 is 1. The van der Waals surface area contributed by atoms with Gasteiger partial charge in [0.25, 0.3) is 11.5 Å². The van der Waals surface area contributed by atoms with E-state index in [2.05, 4.69) is 15.1 Å². The van der Waals surface area contributed by atoms with Crippen molar-refractivity contribution < 1.29 is 32.5 Å². The molecule has 4 aliphatic rings. The van der Waals surface area contributed by atoms with Gasteiger partial charge in [0.05, 0.1) is 50.3 Å². The number of alkyl halides is 3. The van der Waals surface area contributed by atoms with Crippen LogP contribution in [0.4, 0.5) is 24.8 Å². The van der Waals surface area contributed by atoms with Gasteiger partial charge in [0.2, 0.25) is 5.95 Å². The zero-order chi connectivity index (χ0) is 34.3. The third kappa shape index (κ3) is 6.95. The van der Waals surface area contributed by atoms with Crippen LogP contribution in [-0.4, -0.2) is 99.8 Å². The summed E-state index contributed by atoms with van der Waals surface area (Å²) in [6.45, 7) is 1.49. The Morgan fingerprint density at radius 1 is 0.939 bits per heavy atom. The van der Waals surface area contributed by atoms with E-state index in [9.17, 15) is 27.9 Å². The Kier molecular flexibility index (Phi) is 9.22. The summed E-state index contributed by atoms with van der Waals surface area (Å²) >= 11 is 0. The van der Waals surface area contributed by atoms with Crippen molar-refractivity contribution in [1.82, 2.24) is 24.6 Å². The number of likely N-dealkylation sites (tertiary alicyclic amines) is 1. The first-order valence-electron chi connectivity index (χ1n) is 16.8. The molecular weight excluding hydrogens is 643 g/mol. The Balaban J connectivity index is 0.980. The van der Waals surface area contributed by atoms with Gasteiger partial charge >= 0.3 is 6.18 Å². The fraction of sp³-hybridized carbons (Fsp3) is 0.559. The number of halogens is 3. The van der Waals surface area contributed by atoms with E-state index in [1.165, 1.54) is 24.9 Å². The Morgan fingerprint density at radius 3 is 2.37 bits per heavy atom. The van der Waals surface area contributed by atoms with Crippen molar-refractivity contribution in [3.8, 4) is 5.75 Å². The molecule has 1 N–H and O–H groups in total. The number of rotatable bonds is 10. The highest BCUT2D eigenvalue weighted by molar-refractivity contribution is 5.83. The molecule has 15 heteroatoms. The third-order valence-corrected chi connectivity index (χ3v) is 10.1. The summed E-state index contributed by atoms with van der Waals surface area (Å²) in [6, 6.07) is 5.81. The van der Waals surface area contributed by atoms with E-state index in [1.54, 1.807) is 29.2 Å². The van der Waals surface area contributed by atoms with Crippen molar-refractivity contribution in [3.05, 3.63) is 69.9 Å². The van der Waals surface area contributed by atoms with Crippen molar-refractivity contribution in [2.45, 2.75) is 81.5 Å². The number of ether oxygens (including phenoxy) is 2. The molecule has 0 bridgehead atoms. The van der Waals surface area contributed by atoms with E-state index < -0.39 is 35.5 Å². The molecule has 3 saturated heterocycles. The topological polar surface area (TPSA) is 126 Å². The van der Waals surface area contributed by atoms with E-state index in [1.807, 2.05) is 17.3 Å². The first kappa shape index (κ1) is 33.3. The number of aromatic nitrogens is 4. The van der Waals surface area contributed by atoms with Gasteiger partial charge in [0.1, 0.15) is 17.4 Å². The summed E-state index contributed by atoms with van der Waals surface area (Å²) in [6.07, 6.45) is 2.78. The molecule has 0 spiro atoms. The van der Waals surface area contributed by atoms with Crippen LogP contribution in [0.5, 0.6) is 5.75 Å². The molecule has 3 aliphatic heterocycles. The molecule has 3 aromatic rings. The second-order valence-electron chi connectivity index (χ2n) is 13.3. The van der Waals surface area contributed by atoms with Gasteiger partial charge in [0, 0.05) is 45.0 Å². The summed E-state index contributed by atoms with van der Waals surface area (Å²) in [5.74, 6) is 1.48. The van der Waals surface area contributed by atoms with Crippen LogP contribution in [0.15, 0.2) is 47.7 Å². The fourth-order valence-corrected chi connectivity index (χ4v) is 7.28. The number of aliphatic hydroxyl groups excluding tert-OH is 1. The van der Waals surface area contributed by atoms with Crippen LogP contribution in [0, 0.1) is 0 Å². The van der Waals surface area contributed by atoms with E-state index >= 15 is 0 Å². The largest absolute Gasteiger partial charge is 0.497 e. The van der Waals surface area contributed by atoms with E-state index in [4.69, 9.17) is 9.47 Å². The average Bonchev–Trinajstić information content (AvgIpc) is 3.73. The molecule has 1 amide bonds. The second-order valence-corrected chi connectivity index (χ2v) is 13.3. The maximum atomic E-state index is 14.4. The summed E-state index contributed by atoms with van der Waals surface area (Å²) in [7, 11) is 1.51. The maximum Gasteiger partial charge on any atom is 0.423 e. The molecule has 262 valence electrons. The van der Waals surface area contributed by atoms with Crippen molar-refractivity contribution >= 4 is 17.5 Å². The van der Waals surface area contributed by atoms with Crippen LogP contribution in [0.2, 0.25) is 0 Å². The van der Waals surface area contributed by atoms with E-state index in [0.717, 1.165) is 16.4 Å². The zero-order valence-corrected chi connectivity index (χ0v) is 27.3. The molecular formula is C34H40F3N7O5.